The van der Waals surface area contributed by atoms with E-state index in [0.29, 0.717) is 11.1 Å². The lowest BCUT2D eigenvalue weighted by atomic mass is 10.0. The lowest BCUT2D eigenvalue weighted by Crippen LogP contribution is -2.44. The van der Waals surface area contributed by atoms with Gasteiger partial charge in [-0.2, -0.15) is 0 Å². The van der Waals surface area contributed by atoms with E-state index in [0.717, 1.165) is 32.5 Å². The Morgan fingerprint density at radius 1 is 1.08 bits per heavy atom. The van der Waals surface area contributed by atoms with E-state index in [1.54, 1.807) is 24.3 Å². The Kier molecular flexibility index (Phi) is 5.56. The summed E-state index contributed by atoms with van der Waals surface area (Å²) >= 11 is 0. The summed E-state index contributed by atoms with van der Waals surface area (Å²) in [5.41, 5.74) is 2.21. The molecule has 1 aliphatic heterocycles. The van der Waals surface area contributed by atoms with Crippen LogP contribution >= 0.6 is 0 Å². The average molecular weight is 337 g/mol. The van der Waals surface area contributed by atoms with Gasteiger partial charge in [-0.1, -0.05) is 18.2 Å². The second-order valence-electron chi connectivity index (χ2n) is 6.48. The Balaban J connectivity index is 1.54. The van der Waals surface area contributed by atoms with E-state index in [1.807, 2.05) is 24.5 Å². The van der Waals surface area contributed by atoms with E-state index >= 15 is 0 Å². The quantitative estimate of drug-likeness (QED) is 0.852. The number of ketones is 1. The highest BCUT2D eigenvalue weighted by atomic mass is 16.2. The molecule has 1 saturated heterocycles. The lowest BCUT2D eigenvalue weighted by molar-refractivity contribution is 0.0899. The molecule has 0 radical (unpaired) electrons. The first-order valence-corrected chi connectivity index (χ1v) is 8.65. The maximum Gasteiger partial charge on any atom is 0.252 e. The lowest BCUT2D eigenvalue weighted by Gasteiger charge is -2.32. The number of rotatable bonds is 5. The van der Waals surface area contributed by atoms with Crippen molar-refractivity contribution in [2.24, 2.45) is 0 Å². The van der Waals surface area contributed by atoms with Gasteiger partial charge in [0.1, 0.15) is 0 Å². The molecule has 1 aromatic carbocycles. The normalized spacial score (nSPS) is 15.7. The number of carbonyl (C=O) groups excluding carboxylic acids is 2. The molecule has 1 aromatic heterocycles. The smallest absolute Gasteiger partial charge is 0.252 e. The first kappa shape index (κ1) is 17.3. The van der Waals surface area contributed by atoms with Crippen LogP contribution < -0.4 is 5.32 Å². The van der Waals surface area contributed by atoms with Gasteiger partial charge in [0, 0.05) is 43.6 Å². The molecule has 25 heavy (non-hydrogen) atoms. The summed E-state index contributed by atoms with van der Waals surface area (Å²) in [5, 5.41) is 3.09. The van der Waals surface area contributed by atoms with E-state index < -0.39 is 0 Å². The summed E-state index contributed by atoms with van der Waals surface area (Å²) in [5.74, 6) is -0.240. The molecule has 2 heterocycles. The minimum absolute atomic E-state index is 0.0853. The molecule has 0 unspecified atom stereocenters. The number of likely N-dealkylation sites (tertiary alicyclic amines) is 1. The molecule has 0 atom stereocenters. The molecule has 1 N–H and O–H groups in total. The highest BCUT2D eigenvalue weighted by Gasteiger charge is 2.22. The number of aromatic nitrogens is 1. The van der Waals surface area contributed by atoms with Gasteiger partial charge in [0.15, 0.2) is 5.78 Å². The molecular weight excluding hydrogens is 314 g/mol. The van der Waals surface area contributed by atoms with Crippen LogP contribution in [0.4, 0.5) is 0 Å². The highest BCUT2D eigenvalue weighted by Crippen LogP contribution is 2.15. The van der Waals surface area contributed by atoms with Gasteiger partial charge < -0.3 is 5.32 Å². The van der Waals surface area contributed by atoms with Crippen molar-refractivity contribution in [2.45, 2.75) is 32.4 Å². The minimum atomic E-state index is -0.154. The summed E-state index contributed by atoms with van der Waals surface area (Å²) < 4.78 is 0. The number of nitrogens with one attached hydrogen (secondary N) is 1. The van der Waals surface area contributed by atoms with E-state index in [-0.39, 0.29) is 17.7 Å². The third-order valence-corrected chi connectivity index (χ3v) is 4.63. The SMILES string of the molecule is CC(=O)c1ccccc1C(=O)NC1CCN(Cc2ccncc2)CC1. The van der Waals surface area contributed by atoms with Crippen LogP contribution in [0.25, 0.3) is 0 Å². The maximum atomic E-state index is 12.5. The Morgan fingerprint density at radius 2 is 1.72 bits per heavy atom. The van der Waals surface area contributed by atoms with Gasteiger partial charge in [-0.05, 0) is 43.5 Å². The molecule has 1 amide bonds. The number of benzene rings is 1. The molecule has 5 heteroatoms. The van der Waals surface area contributed by atoms with Crippen molar-refractivity contribution in [3.63, 3.8) is 0 Å². The van der Waals surface area contributed by atoms with Crippen LogP contribution in [0.2, 0.25) is 0 Å². The van der Waals surface area contributed by atoms with Crippen LogP contribution in [0.3, 0.4) is 0 Å². The van der Waals surface area contributed by atoms with Crippen molar-refractivity contribution in [3.8, 4) is 0 Å². The van der Waals surface area contributed by atoms with Gasteiger partial charge in [0.2, 0.25) is 0 Å². The second-order valence-corrected chi connectivity index (χ2v) is 6.48. The first-order chi connectivity index (χ1) is 12.1. The number of Topliss-reactive ketones (excluding diaryl/α,β-unsaturated/α-hetero) is 1. The highest BCUT2D eigenvalue weighted by molar-refractivity contribution is 6.07. The largest absolute Gasteiger partial charge is 0.349 e. The van der Waals surface area contributed by atoms with Crippen LogP contribution in [-0.2, 0) is 6.54 Å². The Morgan fingerprint density at radius 3 is 2.36 bits per heavy atom. The molecule has 0 bridgehead atoms. The number of hydrogen-bond donors (Lipinski definition) is 1. The summed E-state index contributed by atoms with van der Waals surface area (Å²) in [7, 11) is 0. The van der Waals surface area contributed by atoms with Crippen LogP contribution in [0, 0.1) is 0 Å². The molecule has 0 aliphatic carbocycles. The average Bonchev–Trinajstić information content (AvgIpc) is 2.64. The summed E-state index contributed by atoms with van der Waals surface area (Å²) in [6, 6.07) is 11.2. The van der Waals surface area contributed by atoms with E-state index in [4.69, 9.17) is 0 Å². The summed E-state index contributed by atoms with van der Waals surface area (Å²) in [4.78, 5) is 30.6. The zero-order chi connectivity index (χ0) is 17.6. The van der Waals surface area contributed by atoms with Gasteiger partial charge in [-0.25, -0.2) is 0 Å². The fraction of sp³-hybridized carbons (Fsp3) is 0.350. The van der Waals surface area contributed by atoms with Gasteiger partial charge in [0.05, 0.1) is 5.56 Å². The fourth-order valence-electron chi connectivity index (χ4n) is 3.23. The molecule has 0 saturated carbocycles. The zero-order valence-corrected chi connectivity index (χ0v) is 14.4. The molecule has 1 fully saturated rings. The Labute approximate surface area is 148 Å². The van der Waals surface area contributed by atoms with Gasteiger partial charge >= 0.3 is 0 Å². The topological polar surface area (TPSA) is 62.3 Å². The molecule has 3 rings (SSSR count). The number of carbonyl (C=O) groups is 2. The summed E-state index contributed by atoms with van der Waals surface area (Å²) in [6.45, 7) is 4.29. The van der Waals surface area contributed by atoms with Gasteiger partial charge in [-0.3, -0.25) is 19.5 Å². The predicted octanol–water partition coefficient (Wildman–Crippen LogP) is 2.68. The van der Waals surface area contributed by atoms with Gasteiger partial charge in [0.25, 0.3) is 5.91 Å². The van der Waals surface area contributed by atoms with Crippen molar-refractivity contribution in [3.05, 3.63) is 65.5 Å². The van der Waals surface area contributed by atoms with Crippen LogP contribution in [0.1, 0.15) is 46.0 Å². The predicted molar refractivity (Wildman–Crippen MR) is 96.4 cm³/mol. The zero-order valence-electron chi connectivity index (χ0n) is 14.4. The van der Waals surface area contributed by atoms with E-state index in [9.17, 15) is 9.59 Å². The van der Waals surface area contributed by atoms with Crippen molar-refractivity contribution < 1.29 is 9.59 Å². The van der Waals surface area contributed by atoms with Crippen molar-refractivity contribution >= 4 is 11.7 Å². The molecule has 2 aromatic rings. The third-order valence-electron chi connectivity index (χ3n) is 4.63. The summed E-state index contributed by atoms with van der Waals surface area (Å²) in [6.07, 6.45) is 5.46. The molecule has 5 nitrogen and oxygen atoms in total. The second kappa shape index (κ2) is 8.03. The molecular formula is C20H23N3O2. The maximum absolute atomic E-state index is 12.5. The van der Waals surface area contributed by atoms with Gasteiger partial charge in [-0.15, -0.1) is 0 Å². The standard InChI is InChI=1S/C20H23N3O2/c1-15(24)18-4-2-3-5-19(18)20(25)22-17-8-12-23(13-9-17)14-16-6-10-21-11-7-16/h2-7,10-11,17H,8-9,12-14H2,1H3,(H,22,25). The Bertz CT molecular complexity index is 738. The molecule has 130 valence electrons. The number of amides is 1. The van der Waals surface area contributed by atoms with E-state index in [2.05, 4.69) is 15.2 Å². The molecule has 1 aliphatic rings. The number of hydrogen-bond acceptors (Lipinski definition) is 4. The Hall–Kier alpha value is -2.53. The van der Waals surface area contributed by atoms with Crippen molar-refractivity contribution in [1.82, 2.24) is 15.2 Å². The number of piperidine rings is 1. The fourth-order valence-corrected chi connectivity index (χ4v) is 3.23. The first-order valence-electron chi connectivity index (χ1n) is 8.65. The van der Waals surface area contributed by atoms with Crippen LogP contribution in [0.15, 0.2) is 48.8 Å². The third kappa shape index (κ3) is 4.51. The van der Waals surface area contributed by atoms with Crippen molar-refractivity contribution in [2.75, 3.05) is 13.1 Å². The van der Waals surface area contributed by atoms with Crippen molar-refractivity contribution in [1.29, 1.82) is 0 Å². The monoisotopic (exact) mass is 337 g/mol. The van der Waals surface area contributed by atoms with Crippen LogP contribution in [-0.4, -0.2) is 40.7 Å². The van der Waals surface area contributed by atoms with Crippen LogP contribution in [0.5, 0.6) is 0 Å². The van der Waals surface area contributed by atoms with E-state index in [1.165, 1.54) is 12.5 Å². The number of nitrogens with zero attached hydrogens (tertiary/aromatic N) is 2. The number of pyridine rings is 1. The molecule has 0 spiro atoms. The minimum Gasteiger partial charge on any atom is -0.349 e.